The van der Waals surface area contributed by atoms with Gasteiger partial charge >= 0.3 is 0 Å². The molecule has 0 aliphatic rings. The van der Waals surface area contributed by atoms with Gasteiger partial charge in [-0.1, -0.05) is 18.2 Å². The zero-order valence-corrected chi connectivity index (χ0v) is 11.4. The number of H-pyrrole nitrogens is 1. The van der Waals surface area contributed by atoms with Crippen LogP contribution in [-0.2, 0) is 0 Å². The molecule has 22 heavy (non-hydrogen) atoms. The number of nitrogens with one attached hydrogen (secondary N) is 1. The first-order chi connectivity index (χ1) is 10.8. The third-order valence-electron chi connectivity index (χ3n) is 3.03. The Kier molecular flexibility index (Phi) is 3.55. The Morgan fingerprint density at radius 2 is 1.55 bits per heavy atom. The van der Waals surface area contributed by atoms with Crippen molar-refractivity contribution in [3.05, 3.63) is 66.0 Å². The van der Waals surface area contributed by atoms with E-state index in [9.17, 15) is 0 Å². The van der Waals surface area contributed by atoms with Crippen molar-refractivity contribution in [1.82, 2.24) is 9.97 Å². The van der Waals surface area contributed by atoms with E-state index in [0.717, 1.165) is 11.3 Å². The average Bonchev–Trinajstić information content (AvgIpc) is 3.00. The molecule has 0 unspecified atom stereocenters. The third kappa shape index (κ3) is 2.65. The van der Waals surface area contributed by atoms with E-state index in [2.05, 4.69) is 9.97 Å². The number of aromatic nitrogens is 2. The third-order valence-corrected chi connectivity index (χ3v) is 3.03. The van der Waals surface area contributed by atoms with Crippen LogP contribution < -0.4 is 4.74 Å². The highest BCUT2D eigenvalue weighted by Crippen LogP contribution is 2.24. The minimum atomic E-state index is 0.0992. The normalized spacial score (nSPS) is 9.73. The topological polar surface area (TPSA) is 85.5 Å². The van der Waals surface area contributed by atoms with Crippen molar-refractivity contribution >= 4 is 0 Å². The van der Waals surface area contributed by atoms with E-state index in [-0.39, 0.29) is 11.4 Å². The number of hydrogen-bond donors (Lipinski definition) is 1. The Bertz CT molecular complexity index is 836. The van der Waals surface area contributed by atoms with E-state index >= 15 is 0 Å². The van der Waals surface area contributed by atoms with Crippen LogP contribution in [0.1, 0.15) is 11.4 Å². The fourth-order valence-corrected chi connectivity index (χ4v) is 1.98. The van der Waals surface area contributed by atoms with Gasteiger partial charge in [-0.2, -0.15) is 10.5 Å². The Labute approximate surface area is 127 Å². The molecule has 0 saturated heterocycles. The van der Waals surface area contributed by atoms with Crippen LogP contribution in [-0.4, -0.2) is 9.97 Å². The van der Waals surface area contributed by atoms with Crippen molar-refractivity contribution in [2.75, 3.05) is 0 Å². The first-order valence-corrected chi connectivity index (χ1v) is 6.53. The first-order valence-electron chi connectivity index (χ1n) is 6.53. The lowest BCUT2D eigenvalue weighted by molar-refractivity contribution is 0.483. The van der Waals surface area contributed by atoms with Gasteiger partial charge in [-0.25, -0.2) is 4.98 Å². The zero-order chi connectivity index (χ0) is 15.4. The Hall–Kier alpha value is -3.57. The highest BCUT2D eigenvalue weighted by atomic mass is 16.5. The molecular weight excluding hydrogens is 276 g/mol. The van der Waals surface area contributed by atoms with Gasteiger partial charge < -0.3 is 9.72 Å². The molecule has 5 nitrogen and oxygen atoms in total. The van der Waals surface area contributed by atoms with Gasteiger partial charge in [0.2, 0.25) is 0 Å². The molecule has 0 amide bonds. The summed E-state index contributed by atoms with van der Waals surface area (Å²) in [6, 6.07) is 20.5. The monoisotopic (exact) mass is 286 g/mol. The second-order valence-electron chi connectivity index (χ2n) is 4.47. The number of aromatic amines is 1. The lowest BCUT2D eigenvalue weighted by Crippen LogP contribution is -1.85. The highest BCUT2D eigenvalue weighted by Gasteiger charge is 2.10. The molecule has 5 heteroatoms. The van der Waals surface area contributed by atoms with Gasteiger partial charge in [-0.05, 0) is 36.4 Å². The molecule has 104 valence electrons. The molecule has 1 aromatic heterocycles. The lowest BCUT2D eigenvalue weighted by Gasteiger charge is -2.05. The van der Waals surface area contributed by atoms with Gasteiger partial charge in [0.15, 0.2) is 11.4 Å². The summed E-state index contributed by atoms with van der Waals surface area (Å²) >= 11 is 0. The minimum absolute atomic E-state index is 0.0992. The average molecular weight is 286 g/mol. The van der Waals surface area contributed by atoms with Crippen LogP contribution in [0.15, 0.2) is 54.6 Å². The predicted molar refractivity (Wildman–Crippen MR) is 80.0 cm³/mol. The van der Waals surface area contributed by atoms with Crippen molar-refractivity contribution in [3.8, 4) is 35.0 Å². The van der Waals surface area contributed by atoms with Crippen LogP contribution in [0.3, 0.4) is 0 Å². The summed E-state index contributed by atoms with van der Waals surface area (Å²) in [7, 11) is 0. The van der Waals surface area contributed by atoms with E-state index in [1.165, 1.54) is 0 Å². The van der Waals surface area contributed by atoms with Crippen molar-refractivity contribution in [3.63, 3.8) is 0 Å². The van der Waals surface area contributed by atoms with Crippen LogP contribution in [0.25, 0.3) is 11.4 Å². The number of nitriles is 2. The van der Waals surface area contributed by atoms with E-state index in [4.69, 9.17) is 15.3 Å². The number of ether oxygens (including phenoxy) is 1. The smallest absolute Gasteiger partial charge is 0.177 e. The number of hydrogen-bond acceptors (Lipinski definition) is 4. The molecular formula is C17H10N4O. The van der Waals surface area contributed by atoms with Crippen LogP contribution in [0, 0.1) is 22.7 Å². The molecule has 0 radical (unpaired) electrons. The molecule has 2 aromatic carbocycles. The molecule has 3 aromatic rings. The largest absolute Gasteiger partial charge is 0.457 e. The molecule has 0 atom stereocenters. The van der Waals surface area contributed by atoms with Gasteiger partial charge in [-0.15, -0.1) is 0 Å². The first kappa shape index (κ1) is 13.4. The molecule has 1 heterocycles. The van der Waals surface area contributed by atoms with Gasteiger partial charge in [0, 0.05) is 5.56 Å². The summed E-state index contributed by atoms with van der Waals surface area (Å²) in [5, 5.41) is 17.8. The molecule has 0 saturated carbocycles. The quantitative estimate of drug-likeness (QED) is 0.796. The van der Waals surface area contributed by atoms with Crippen LogP contribution in [0.2, 0.25) is 0 Å². The Morgan fingerprint density at radius 3 is 2.14 bits per heavy atom. The Balaban J connectivity index is 1.84. The van der Waals surface area contributed by atoms with Crippen LogP contribution >= 0.6 is 0 Å². The number of imidazole rings is 1. The van der Waals surface area contributed by atoms with Crippen LogP contribution in [0.5, 0.6) is 11.5 Å². The summed E-state index contributed by atoms with van der Waals surface area (Å²) in [4.78, 5) is 6.94. The van der Waals surface area contributed by atoms with E-state index < -0.39 is 0 Å². The molecule has 0 aliphatic carbocycles. The van der Waals surface area contributed by atoms with Gasteiger partial charge in [-0.3, -0.25) is 0 Å². The highest BCUT2D eigenvalue weighted by molar-refractivity contribution is 5.59. The minimum Gasteiger partial charge on any atom is -0.457 e. The maximum atomic E-state index is 8.93. The predicted octanol–water partition coefficient (Wildman–Crippen LogP) is 3.61. The van der Waals surface area contributed by atoms with E-state index in [1.807, 2.05) is 66.7 Å². The number of benzene rings is 2. The summed E-state index contributed by atoms with van der Waals surface area (Å²) < 4.78 is 5.71. The van der Waals surface area contributed by atoms with Crippen molar-refractivity contribution in [1.29, 1.82) is 10.5 Å². The number of nitrogens with zero attached hydrogens (tertiary/aromatic N) is 3. The maximum absolute atomic E-state index is 8.93. The van der Waals surface area contributed by atoms with Crippen molar-refractivity contribution in [2.45, 2.75) is 0 Å². The molecule has 3 rings (SSSR count). The summed E-state index contributed by atoms with van der Waals surface area (Å²) in [5.41, 5.74) is 1.04. The van der Waals surface area contributed by atoms with Crippen LogP contribution in [0.4, 0.5) is 0 Å². The lowest BCUT2D eigenvalue weighted by atomic mass is 10.2. The van der Waals surface area contributed by atoms with Gasteiger partial charge in [0.25, 0.3) is 0 Å². The summed E-state index contributed by atoms with van der Waals surface area (Å²) in [6.45, 7) is 0. The molecule has 0 spiro atoms. The second-order valence-corrected chi connectivity index (χ2v) is 4.47. The van der Waals surface area contributed by atoms with E-state index in [1.54, 1.807) is 0 Å². The van der Waals surface area contributed by atoms with Crippen molar-refractivity contribution in [2.24, 2.45) is 0 Å². The standard InChI is InChI=1S/C17H10N4O/c18-10-15-16(11-19)21-17(20-15)12-6-8-14(9-7-12)22-13-4-2-1-3-5-13/h1-9H,(H,20,21). The number of para-hydroxylation sites is 1. The van der Waals surface area contributed by atoms with Gasteiger partial charge in [0.1, 0.15) is 29.5 Å². The van der Waals surface area contributed by atoms with Gasteiger partial charge in [0.05, 0.1) is 0 Å². The number of rotatable bonds is 3. The SMILES string of the molecule is N#Cc1nc(-c2ccc(Oc3ccccc3)cc2)[nH]c1C#N. The zero-order valence-electron chi connectivity index (χ0n) is 11.4. The fourth-order valence-electron chi connectivity index (χ4n) is 1.98. The molecule has 0 bridgehead atoms. The fraction of sp³-hybridized carbons (Fsp3) is 0. The molecule has 0 fully saturated rings. The summed E-state index contributed by atoms with van der Waals surface area (Å²) in [6.07, 6.45) is 0. The summed E-state index contributed by atoms with van der Waals surface area (Å²) in [5.74, 6) is 1.94. The second kappa shape index (κ2) is 5.82. The van der Waals surface area contributed by atoms with Crippen molar-refractivity contribution < 1.29 is 4.74 Å². The molecule has 1 N–H and O–H groups in total. The maximum Gasteiger partial charge on any atom is 0.177 e. The molecule has 0 aliphatic heterocycles. The Morgan fingerprint density at radius 1 is 0.864 bits per heavy atom. The van der Waals surface area contributed by atoms with E-state index in [0.29, 0.717) is 11.6 Å².